The smallest absolute Gasteiger partial charge is 0.303 e. The van der Waals surface area contributed by atoms with Gasteiger partial charge in [0.25, 0.3) is 0 Å². The Labute approximate surface area is 109 Å². The SMILES string of the molecule is CCC(c1ccc(C)cc1)N(C)CCCC(=O)O. The highest BCUT2D eigenvalue weighted by atomic mass is 16.4. The molecule has 0 aliphatic rings. The van der Waals surface area contributed by atoms with Crippen molar-refractivity contribution in [3.05, 3.63) is 35.4 Å². The lowest BCUT2D eigenvalue weighted by Gasteiger charge is -2.27. The summed E-state index contributed by atoms with van der Waals surface area (Å²) in [7, 11) is 2.07. The van der Waals surface area contributed by atoms with Gasteiger partial charge in [0.15, 0.2) is 0 Å². The van der Waals surface area contributed by atoms with E-state index in [2.05, 4.69) is 50.1 Å². The average Bonchev–Trinajstić information content (AvgIpc) is 2.32. The van der Waals surface area contributed by atoms with Crippen LogP contribution in [0, 0.1) is 6.92 Å². The van der Waals surface area contributed by atoms with Gasteiger partial charge in [0.2, 0.25) is 0 Å². The van der Waals surface area contributed by atoms with Gasteiger partial charge >= 0.3 is 5.97 Å². The van der Waals surface area contributed by atoms with Gasteiger partial charge in [-0.25, -0.2) is 0 Å². The van der Waals surface area contributed by atoms with Gasteiger partial charge in [0.05, 0.1) is 0 Å². The molecule has 1 unspecified atom stereocenters. The number of hydrogen-bond donors (Lipinski definition) is 1. The van der Waals surface area contributed by atoms with Gasteiger partial charge in [-0.3, -0.25) is 9.69 Å². The fraction of sp³-hybridized carbons (Fsp3) is 0.533. The molecule has 1 aromatic rings. The molecule has 1 rings (SSSR count). The molecular formula is C15H23NO2. The van der Waals surface area contributed by atoms with Crippen LogP contribution in [0.2, 0.25) is 0 Å². The third kappa shape index (κ3) is 4.49. The van der Waals surface area contributed by atoms with Crippen LogP contribution in [0.25, 0.3) is 0 Å². The second-order valence-electron chi connectivity index (χ2n) is 4.81. The van der Waals surface area contributed by atoms with E-state index in [1.54, 1.807) is 0 Å². The predicted molar refractivity (Wildman–Crippen MR) is 73.7 cm³/mol. The molecule has 18 heavy (non-hydrogen) atoms. The molecule has 0 aliphatic carbocycles. The molecule has 0 aliphatic heterocycles. The van der Waals surface area contributed by atoms with Crippen molar-refractivity contribution in [3.8, 4) is 0 Å². The van der Waals surface area contributed by atoms with Crippen LogP contribution in [0.5, 0.6) is 0 Å². The Morgan fingerprint density at radius 3 is 2.44 bits per heavy atom. The number of nitrogens with zero attached hydrogens (tertiary/aromatic N) is 1. The molecule has 3 nitrogen and oxygen atoms in total. The minimum Gasteiger partial charge on any atom is -0.481 e. The van der Waals surface area contributed by atoms with E-state index >= 15 is 0 Å². The number of carboxylic acid groups (broad SMARTS) is 1. The molecule has 0 heterocycles. The van der Waals surface area contributed by atoms with E-state index < -0.39 is 5.97 Å². The zero-order valence-electron chi connectivity index (χ0n) is 11.5. The Morgan fingerprint density at radius 1 is 1.33 bits per heavy atom. The maximum Gasteiger partial charge on any atom is 0.303 e. The van der Waals surface area contributed by atoms with E-state index in [4.69, 9.17) is 5.11 Å². The first-order valence-electron chi connectivity index (χ1n) is 6.53. The van der Waals surface area contributed by atoms with Gasteiger partial charge in [0.1, 0.15) is 0 Å². The monoisotopic (exact) mass is 249 g/mol. The second kappa shape index (κ2) is 7.17. The number of benzene rings is 1. The number of aliphatic carboxylic acids is 1. The number of carbonyl (C=O) groups is 1. The number of carboxylic acids is 1. The van der Waals surface area contributed by atoms with E-state index in [9.17, 15) is 4.79 Å². The highest BCUT2D eigenvalue weighted by Gasteiger charge is 2.14. The van der Waals surface area contributed by atoms with Crippen LogP contribution in [0.3, 0.4) is 0 Å². The van der Waals surface area contributed by atoms with Crippen molar-refractivity contribution in [1.29, 1.82) is 0 Å². The summed E-state index contributed by atoms with van der Waals surface area (Å²) < 4.78 is 0. The molecular weight excluding hydrogens is 226 g/mol. The van der Waals surface area contributed by atoms with Crippen molar-refractivity contribution < 1.29 is 9.90 Å². The molecule has 0 amide bonds. The van der Waals surface area contributed by atoms with E-state index in [1.165, 1.54) is 11.1 Å². The van der Waals surface area contributed by atoms with Crippen molar-refractivity contribution in [2.45, 2.75) is 39.2 Å². The molecule has 0 saturated carbocycles. The van der Waals surface area contributed by atoms with Gasteiger partial charge in [-0.05, 0) is 38.9 Å². The first-order valence-corrected chi connectivity index (χ1v) is 6.53. The molecule has 0 fully saturated rings. The van der Waals surface area contributed by atoms with E-state index in [-0.39, 0.29) is 6.42 Å². The molecule has 0 bridgehead atoms. The first kappa shape index (κ1) is 14.7. The first-order chi connectivity index (χ1) is 8.54. The molecule has 1 atom stereocenters. The highest BCUT2D eigenvalue weighted by Crippen LogP contribution is 2.23. The van der Waals surface area contributed by atoms with Gasteiger partial charge in [-0.2, -0.15) is 0 Å². The zero-order valence-corrected chi connectivity index (χ0v) is 11.5. The molecule has 100 valence electrons. The van der Waals surface area contributed by atoms with E-state index in [0.29, 0.717) is 12.5 Å². The third-order valence-electron chi connectivity index (χ3n) is 3.28. The molecule has 0 spiro atoms. The van der Waals surface area contributed by atoms with Crippen LogP contribution in [0.1, 0.15) is 43.4 Å². The Morgan fingerprint density at radius 2 is 1.94 bits per heavy atom. The summed E-state index contributed by atoms with van der Waals surface area (Å²) in [6, 6.07) is 8.96. The molecule has 1 aromatic carbocycles. The van der Waals surface area contributed by atoms with Crippen molar-refractivity contribution in [3.63, 3.8) is 0 Å². The van der Waals surface area contributed by atoms with Gasteiger partial charge < -0.3 is 5.11 Å². The summed E-state index contributed by atoms with van der Waals surface area (Å²) >= 11 is 0. The molecule has 1 N–H and O–H groups in total. The minimum atomic E-state index is -0.716. The lowest BCUT2D eigenvalue weighted by molar-refractivity contribution is -0.137. The van der Waals surface area contributed by atoms with Crippen LogP contribution in [0.4, 0.5) is 0 Å². The van der Waals surface area contributed by atoms with E-state index in [0.717, 1.165) is 13.0 Å². The Hall–Kier alpha value is -1.35. The van der Waals surface area contributed by atoms with Crippen molar-refractivity contribution in [2.24, 2.45) is 0 Å². The van der Waals surface area contributed by atoms with Crippen molar-refractivity contribution in [2.75, 3.05) is 13.6 Å². The second-order valence-corrected chi connectivity index (χ2v) is 4.81. The Bertz CT molecular complexity index is 373. The van der Waals surface area contributed by atoms with Crippen LogP contribution >= 0.6 is 0 Å². The topological polar surface area (TPSA) is 40.5 Å². The minimum absolute atomic E-state index is 0.245. The van der Waals surface area contributed by atoms with Crippen LogP contribution in [-0.4, -0.2) is 29.6 Å². The molecule has 0 aromatic heterocycles. The zero-order chi connectivity index (χ0) is 13.5. The van der Waals surface area contributed by atoms with Crippen LogP contribution in [-0.2, 0) is 4.79 Å². The molecule has 0 saturated heterocycles. The average molecular weight is 249 g/mol. The fourth-order valence-corrected chi connectivity index (χ4v) is 2.23. The van der Waals surface area contributed by atoms with Gasteiger partial charge in [0, 0.05) is 12.5 Å². The summed E-state index contributed by atoms with van der Waals surface area (Å²) in [5.41, 5.74) is 2.57. The van der Waals surface area contributed by atoms with Gasteiger partial charge in [-0.15, -0.1) is 0 Å². The van der Waals surface area contributed by atoms with Crippen LogP contribution < -0.4 is 0 Å². The summed E-state index contributed by atoms with van der Waals surface area (Å²) in [5.74, 6) is -0.716. The normalized spacial score (nSPS) is 12.7. The Kier molecular flexibility index (Phi) is 5.86. The van der Waals surface area contributed by atoms with Crippen molar-refractivity contribution >= 4 is 5.97 Å². The fourth-order valence-electron chi connectivity index (χ4n) is 2.23. The molecule has 3 heteroatoms. The largest absolute Gasteiger partial charge is 0.481 e. The summed E-state index contributed by atoms with van der Waals surface area (Å²) in [6.45, 7) is 5.07. The summed E-state index contributed by atoms with van der Waals surface area (Å²) in [6.07, 6.45) is 1.98. The maximum atomic E-state index is 10.5. The lowest BCUT2D eigenvalue weighted by atomic mass is 10.0. The predicted octanol–water partition coefficient (Wildman–Crippen LogP) is 3.24. The summed E-state index contributed by atoms with van der Waals surface area (Å²) in [5, 5.41) is 8.65. The molecule has 0 radical (unpaired) electrons. The van der Waals surface area contributed by atoms with E-state index in [1.807, 2.05) is 0 Å². The quantitative estimate of drug-likeness (QED) is 0.806. The maximum absolute atomic E-state index is 10.5. The number of aryl methyl sites for hydroxylation is 1. The van der Waals surface area contributed by atoms with Crippen LogP contribution in [0.15, 0.2) is 24.3 Å². The highest BCUT2D eigenvalue weighted by molar-refractivity contribution is 5.66. The van der Waals surface area contributed by atoms with Crippen molar-refractivity contribution in [1.82, 2.24) is 4.90 Å². The van der Waals surface area contributed by atoms with Gasteiger partial charge in [-0.1, -0.05) is 36.8 Å². The standard InChI is InChI=1S/C15H23NO2/c1-4-14(13-9-7-12(2)8-10-13)16(3)11-5-6-15(17)18/h7-10,14H,4-6,11H2,1-3H3,(H,17,18). The lowest BCUT2D eigenvalue weighted by Crippen LogP contribution is -2.25. The Balaban J connectivity index is 2.59. The number of rotatable bonds is 7. The third-order valence-corrected chi connectivity index (χ3v) is 3.28. The number of hydrogen-bond acceptors (Lipinski definition) is 2. The summed E-state index contributed by atoms with van der Waals surface area (Å²) in [4.78, 5) is 12.8.